The lowest BCUT2D eigenvalue weighted by molar-refractivity contribution is -0.149. The number of carbonyl (C=O) groups is 1. The van der Waals surface area contributed by atoms with Crippen LogP contribution in [0.2, 0.25) is 0 Å². The molecule has 1 heterocycles. The van der Waals surface area contributed by atoms with E-state index in [0.29, 0.717) is 12.3 Å². The van der Waals surface area contributed by atoms with Crippen LogP contribution in [0.15, 0.2) is 5.11 Å². The summed E-state index contributed by atoms with van der Waals surface area (Å²) in [6.45, 7) is 1.79. The highest BCUT2D eigenvalue weighted by Gasteiger charge is 2.35. The number of carbonyl (C=O) groups excluding carboxylic acids is 1. The molecule has 0 aromatic rings. The Morgan fingerprint density at radius 2 is 2.10 bits per heavy atom. The number of methoxy groups -OCH3 is 1. The van der Waals surface area contributed by atoms with E-state index in [1.165, 1.54) is 39.2 Å². The molecular weight excluding hydrogens is 256 g/mol. The van der Waals surface area contributed by atoms with E-state index >= 15 is 0 Å². The lowest BCUT2D eigenvalue weighted by atomic mass is 9.87. The summed E-state index contributed by atoms with van der Waals surface area (Å²) in [7, 11) is 1.43. The summed E-state index contributed by atoms with van der Waals surface area (Å²) in [5, 5.41) is 3.78. The summed E-state index contributed by atoms with van der Waals surface area (Å²) in [5.74, 6) is 0.505. The normalized spacial score (nSPS) is 28.6. The predicted molar refractivity (Wildman–Crippen MR) is 76.1 cm³/mol. The number of rotatable bonds is 4. The quantitative estimate of drug-likeness (QED) is 0.344. The van der Waals surface area contributed by atoms with Gasteiger partial charge in [0, 0.05) is 17.5 Å². The van der Waals surface area contributed by atoms with Crippen LogP contribution >= 0.6 is 0 Å². The lowest BCUT2D eigenvalue weighted by Gasteiger charge is -2.39. The Morgan fingerprint density at radius 1 is 1.35 bits per heavy atom. The molecule has 0 N–H and O–H groups in total. The lowest BCUT2D eigenvalue weighted by Crippen LogP contribution is -2.50. The van der Waals surface area contributed by atoms with Crippen molar-refractivity contribution < 1.29 is 9.53 Å². The maximum Gasteiger partial charge on any atom is 0.323 e. The summed E-state index contributed by atoms with van der Waals surface area (Å²) >= 11 is 0. The average Bonchev–Trinajstić information content (AvgIpc) is 2.49. The van der Waals surface area contributed by atoms with Gasteiger partial charge >= 0.3 is 5.97 Å². The Morgan fingerprint density at radius 3 is 2.75 bits per heavy atom. The predicted octanol–water partition coefficient (Wildman–Crippen LogP) is 2.88. The van der Waals surface area contributed by atoms with Crippen LogP contribution in [0.1, 0.15) is 44.9 Å². The standard InChI is InChI=1S/C14H24N4O2/c1-20-14(19)13-9-12(16-17-15)7-8-18(13)10-11-5-3-2-4-6-11/h11-13H,2-10H2,1H3. The van der Waals surface area contributed by atoms with Gasteiger partial charge in [0.15, 0.2) is 0 Å². The molecule has 0 amide bonds. The molecule has 0 spiro atoms. The Kier molecular flexibility index (Phi) is 5.68. The molecule has 2 rings (SSSR count). The molecule has 0 aromatic heterocycles. The van der Waals surface area contributed by atoms with Crippen molar-refractivity contribution in [3.63, 3.8) is 0 Å². The fraction of sp³-hybridized carbons (Fsp3) is 0.929. The Balaban J connectivity index is 1.97. The molecule has 1 aliphatic carbocycles. The second-order valence-corrected chi connectivity index (χ2v) is 5.92. The van der Waals surface area contributed by atoms with Gasteiger partial charge in [-0.3, -0.25) is 9.69 Å². The minimum Gasteiger partial charge on any atom is -0.468 e. The molecule has 6 heteroatoms. The maximum absolute atomic E-state index is 12.0. The third kappa shape index (κ3) is 3.87. The molecule has 0 aromatic carbocycles. The molecule has 20 heavy (non-hydrogen) atoms. The van der Waals surface area contributed by atoms with Gasteiger partial charge in [0.2, 0.25) is 0 Å². The summed E-state index contributed by atoms with van der Waals surface area (Å²) in [6.07, 6.45) is 7.92. The van der Waals surface area contributed by atoms with E-state index in [1.807, 2.05) is 0 Å². The molecule has 2 atom stereocenters. The van der Waals surface area contributed by atoms with Gasteiger partial charge in [-0.2, -0.15) is 0 Å². The number of hydrogen-bond donors (Lipinski definition) is 0. The SMILES string of the molecule is COC(=O)C1CC(N=[N+]=[N-])CCN1CC1CCCCC1. The van der Waals surface area contributed by atoms with Crippen LogP contribution in [0.3, 0.4) is 0 Å². The zero-order chi connectivity index (χ0) is 14.4. The third-order valence-electron chi connectivity index (χ3n) is 4.59. The second-order valence-electron chi connectivity index (χ2n) is 5.92. The number of azide groups is 1. The summed E-state index contributed by atoms with van der Waals surface area (Å²) in [5.41, 5.74) is 8.56. The van der Waals surface area contributed by atoms with Gasteiger partial charge in [-0.25, -0.2) is 0 Å². The minimum absolute atomic E-state index is 0.0771. The van der Waals surface area contributed by atoms with Crippen molar-refractivity contribution in [1.29, 1.82) is 0 Å². The largest absolute Gasteiger partial charge is 0.468 e. The molecule has 2 unspecified atom stereocenters. The average molecular weight is 280 g/mol. The number of ether oxygens (including phenoxy) is 1. The van der Waals surface area contributed by atoms with Crippen LogP contribution in [0.4, 0.5) is 0 Å². The number of piperidine rings is 1. The van der Waals surface area contributed by atoms with Crippen molar-refractivity contribution >= 4 is 5.97 Å². The first-order valence-corrected chi connectivity index (χ1v) is 7.60. The fourth-order valence-electron chi connectivity index (χ4n) is 3.47. The van der Waals surface area contributed by atoms with Gasteiger partial charge in [-0.05, 0) is 43.7 Å². The van der Waals surface area contributed by atoms with Crippen LogP contribution in [0, 0.1) is 5.92 Å². The van der Waals surface area contributed by atoms with Crippen molar-refractivity contribution in [2.24, 2.45) is 11.0 Å². The maximum atomic E-state index is 12.0. The molecule has 1 aliphatic heterocycles. The van der Waals surface area contributed by atoms with Crippen LogP contribution in [0.25, 0.3) is 10.4 Å². The first-order valence-electron chi connectivity index (χ1n) is 7.60. The zero-order valence-corrected chi connectivity index (χ0v) is 12.2. The summed E-state index contributed by atoms with van der Waals surface area (Å²) < 4.78 is 4.92. The Hall–Kier alpha value is -1.26. The third-order valence-corrected chi connectivity index (χ3v) is 4.59. The van der Waals surface area contributed by atoms with Gasteiger partial charge < -0.3 is 4.74 Å². The highest BCUT2D eigenvalue weighted by molar-refractivity contribution is 5.75. The van der Waals surface area contributed by atoms with Crippen LogP contribution < -0.4 is 0 Å². The van der Waals surface area contributed by atoms with Crippen molar-refractivity contribution in [3.05, 3.63) is 10.4 Å². The van der Waals surface area contributed by atoms with Gasteiger partial charge in [-0.1, -0.05) is 24.4 Å². The number of nitrogens with zero attached hydrogens (tertiary/aromatic N) is 4. The molecule has 0 bridgehead atoms. The van der Waals surface area contributed by atoms with Crippen LogP contribution in [0.5, 0.6) is 0 Å². The first kappa shape index (κ1) is 15.1. The highest BCUT2D eigenvalue weighted by atomic mass is 16.5. The van der Waals surface area contributed by atoms with Gasteiger partial charge in [0.1, 0.15) is 6.04 Å². The zero-order valence-electron chi connectivity index (χ0n) is 12.2. The van der Waals surface area contributed by atoms with Crippen molar-refractivity contribution in [1.82, 2.24) is 4.90 Å². The van der Waals surface area contributed by atoms with Crippen LogP contribution in [-0.4, -0.2) is 43.2 Å². The van der Waals surface area contributed by atoms with E-state index < -0.39 is 0 Å². The molecule has 1 saturated heterocycles. The van der Waals surface area contributed by atoms with Crippen molar-refractivity contribution in [2.45, 2.75) is 57.0 Å². The fourth-order valence-corrected chi connectivity index (χ4v) is 3.47. The number of esters is 1. The summed E-state index contributed by atoms with van der Waals surface area (Å²) in [6, 6.07) is -0.321. The molecule has 2 fully saturated rings. The smallest absolute Gasteiger partial charge is 0.323 e. The van der Waals surface area contributed by atoms with Crippen molar-refractivity contribution in [3.8, 4) is 0 Å². The van der Waals surface area contributed by atoms with Gasteiger partial charge in [-0.15, -0.1) is 0 Å². The summed E-state index contributed by atoms with van der Waals surface area (Å²) in [4.78, 5) is 17.1. The van der Waals surface area contributed by atoms with E-state index in [2.05, 4.69) is 14.9 Å². The van der Waals surface area contributed by atoms with Gasteiger partial charge in [0.25, 0.3) is 0 Å². The molecule has 112 valence electrons. The molecule has 6 nitrogen and oxygen atoms in total. The molecule has 0 radical (unpaired) electrons. The van der Waals surface area contributed by atoms with E-state index in [-0.39, 0.29) is 18.1 Å². The first-order chi connectivity index (χ1) is 9.74. The molecular formula is C14H24N4O2. The van der Waals surface area contributed by atoms with E-state index in [9.17, 15) is 4.79 Å². The van der Waals surface area contributed by atoms with E-state index in [1.54, 1.807) is 0 Å². The van der Waals surface area contributed by atoms with E-state index in [4.69, 9.17) is 10.3 Å². The molecule has 2 aliphatic rings. The highest BCUT2D eigenvalue weighted by Crippen LogP contribution is 2.28. The topological polar surface area (TPSA) is 78.3 Å². The van der Waals surface area contributed by atoms with E-state index in [0.717, 1.165) is 19.5 Å². The van der Waals surface area contributed by atoms with Crippen LogP contribution in [-0.2, 0) is 9.53 Å². The second kappa shape index (κ2) is 7.50. The number of hydrogen-bond acceptors (Lipinski definition) is 4. The number of likely N-dealkylation sites (tertiary alicyclic amines) is 1. The minimum atomic E-state index is -0.244. The monoisotopic (exact) mass is 280 g/mol. The molecule has 1 saturated carbocycles. The van der Waals surface area contributed by atoms with Crippen molar-refractivity contribution in [2.75, 3.05) is 20.2 Å². The Bertz CT molecular complexity index is 375. The Labute approximate surface area is 120 Å². The van der Waals surface area contributed by atoms with Gasteiger partial charge in [0.05, 0.1) is 7.11 Å².